The number of carbonyl (C=O) groups excluding carboxylic acids is 1. The Labute approximate surface area is 160 Å². The maximum atomic E-state index is 12.8. The first kappa shape index (κ1) is 17.9. The van der Waals surface area contributed by atoms with Crippen molar-refractivity contribution in [2.45, 2.75) is 44.2 Å². The van der Waals surface area contributed by atoms with Gasteiger partial charge in [-0.15, -0.1) is 0 Å². The van der Waals surface area contributed by atoms with Crippen LogP contribution in [-0.2, 0) is 11.2 Å². The lowest BCUT2D eigenvalue weighted by molar-refractivity contribution is -0.0720. The van der Waals surface area contributed by atoms with Crippen molar-refractivity contribution < 1.29 is 9.53 Å². The molecule has 6 heteroatoms. The Morgan fingerprint density at radius 3 is 3.00 bits per heavy atom. The second-order valence-corrected chi connectivity index (χ2v) is 7.45. The zero-order chi connectivity index (χ0) is 18.7. The highest BCUT2D eigenvalue weighted by atomic mass is 16.5. The van der Waals surface area contributed by atoms with Crippen molar-refractivity contribution in [1.29, 1.82) is 0 Å². The van der Waals surface area contributed by atoms with Crippen molar-refractivity contribution in [3.8, 4) is 0 Å². The fraction of sp³-hybridized carbons (Fsp3) is 0.476. The highest BCUT2D eigenvalue weighted by Gasteiger charge is 2.44. The second kappa shape index (κ2) is 7.64. The van der Waals surface area contributed by atoms with Gasteiger partial charge in [-0.1, -0.05) is 13.0 Å². The second-order valence-electron chi connectivity index (χ2n) is 7.45. The van der Waals surface area contributed by atoms with Crippen LogP contribution in [0.3, 0.4) is 0 Å². The van der Waals surface area contributed by atoms with E-state index >= 15 is 0 Å². The van der Waals surface area contributed by atoms with Gasteiger partial charge in [0.05, 0.1) is 17.7 Å². The Balaban J connectivity index is 1.40. The lowest BCUT2D eigenvalue weighted by atomic mass is 9.89. The molecule has 6 nitrogen and oxygen atoms in total. The molecule has 0 aromatic carbocycles. The summed E-state index contributed by atoms with van der Waals surface area (Å²) in [5.74, 6) is 0.943. The molecule has 2 saturated heterocycles. The highest BCUT2D eigenvalue weighted by Crippen LogP contribution is 2.35. The predicted octanol–water partition coefficient (Wildman–Crippen LogP) is 2.91. The van der Waals surface area contributed by atoms with Crippen LogP contribution in [0.15, 0.2) is 42.7 Å². The van der Waals surface area contributed by atoms with Crippen LogP contribution in [0.4, 0.5) is 5.82 Å². The van der Waals surface area contributed by atoms with Gasteiger partial charge in [-0.05, 0) is 49.9 Å². The van der Waals surface area contributed by atoms with Crippen molar-refractivity contribution in [2.24, 2.45) is 0 Å². The first-order chi connectivity index (χ1) is 13.2. The average molecular weight is 366 g/mol. The van der Waals surface area contributed by atoms with Gasteiger partial charge in [0.25, 0.3) is 5.91 Å². The molecule has 0 bridgehead atoms. The minimum atomic E-state index is -0.253. The van der Waals surface area contributed by atoms with Gasteiger partial charge >= 0.3 is 0 Å². The van der Waals surface area contributed by atoms with Crippen LogP contribution < -0.4 is 5.32 Å². The summed E-state index contributed by atoms with van der Waals surface area (Å²) in [5.41, 5.74) is 1.41. The molecule has 2 aromatic heterocycles. The third-order valence-electron chi connectivity index (χ3n) is 5.55. The molecule has 2 fully saturated rings. The quantitative estimate of drug-likeness (QED) is 0.901. The molecule has 27 heavy (non-hydrogen) atoms. The summed E-state index contributed by atoms with van der Waals surface area (Å²) >= 11 is 0. The summed E-state index contributed by atoms with van der Waals surface area (Å²) in [6.45, 7) is 4.13. The third kappa shape index (κ3) is 3.95. The molecular weight excluding hydrogens is 340 g/mol. The number of aromatic nitrogens is 2. The molecule has 0 aliphatic carbocycles. The molecule has 1 amide bonds. The summed E-state index contributed by atoms with van der Waals surface area (Å²) < 4.78 is 6.18. The molecule has 142 valence electrons. The van der Waals surface area contributed by atoms with E-state index in [4.69, 9.17) is 4.74 Å². The molecule has 0 unspecified atom stereocenters. The van der Waals surface area contributed by atoms with Crippen LogP contribution in [0, 0.1) is 0 Å². The number of hydrogen-bond acceptors (Lipinski definition) is 5. The summed E-state index contributed by atoms with van der Waals surface area (Å²) in [5, 5.41) is 3.52. The Bertz CT molecular complexity index is 781. The van der Waals surface area contributed by atoms with Crippen LogP contribution in [0.1, 0.15) is 42.2 Å². The highest BCUT2D eigenvalue weighted by molar-refractivity contribution is 5.94. The number of aryl methyl sites for hydroxylation is 1. The van der Waals surface area contributed by atoms with E-state index in [2.05, 4.69) is 22.2 Å². The lowest BCUT2D eigenvalue weighted by Crippen LogP contribution is -2.47. The topological polar surface area (TPSA) is 67.4 Å². The SMILES string of the molecule is CCc1ccc(C(=O)N2CC[C@@]3(C[C@H](Nc4ccccn4)CCO3)C2)cn1. The number of ether oxygens (including phenoxy) is 1. The van der Waals surface area contributed by atoms with Gasteiger partial charge in [-0.3, -0.25) is 9.78 Å². The lowest BCUT2D eigenvalue weighted by Gasteiger charge is -2.38. The molecule has 1 N–H and O–H groups in total. The van der Waals surface area contributed by atoms with Crippen molar-refractivity contribution in [3.63, 3.8) is 0 Å². The minimum Gasteiger partial charge on any atom is -0.373 e. The summed E-state index contributed by atoms with van der Waals surface area (Å²) in [6, 6.07) is 10.0. The van der Waals surface area contributed by atoms with Crippen LogP contribution in [0.5, 0.6) is 0 Å². The van der Waals surface area contributed by atoms with Crippen LogP contribution in [0.25, 0.3) is 0 Å². The molecule has 4 heterocycles. The monoisotopic (exact) mass is 366 g/mol. The van der Waals surface area contributed by atoms with Gasteiger partial charge in [0, 0.05) is 37.3 Å². The van der Waals surface area contributed by atoms with Gasteiger partial charge in [0.15, 0.2) is 0 Å². The van der Waals surface area contributed by atoms with Crippen molar-refractivity contribution in [2.75, 3.05) is 25.0 Å². The van der Waals surface area contributed by atoms with E-state index in [1.165, 1.54) is 0 Å². The maximum absolute atomic E-state index is 12.8. The number of carbonyl (C=O) groups is 1. The zero-order valence-electron chi connectivity index (χ0n) is 15.7. The van der Waals surface area contributed by atoms with Crippen LogP contribution in [-0.4, -0.2) is 52.1 Å². The molecular formula is C21H26N4O2. The van der Waals surface area contributed by atoms with Gasteiger partial charge in [0.1, 0.15) is 5.82 Å². The molecule has 4 rings (SSSR count). The van der Waals surface area contributed by atoms with E-state index in [1.807, 2.05) is 35.2 Å². The number of anilines is 1. The molecule has 0 radical (unpaired) electrons. The third-order valence-corrected chi connectivity index (χ3v) is 5.55. The van der Waals surface area contributed by atoms with Crippen molar-refractivity contribution in [1.82, 2.24) is 14.9 Å². The molecule has 2 aliphatic heterocycles. The zero-order valence-corrected chi connectivity index (χ0v) is 15.7. The normalized spacial score (nSPS) is 24.9. The van der Waals surface area contributed by atoms with Crippen molar-refractivity contribution in [3.05, 3.63) is 54.0 Å². The summed E-state index contributed by atoms with van der Waals surface area (Å²) in [4.78, 5) is 23.5. The number of likely N-dealkylation sites (tertiary alicyclic amines) is 1. The smallest absolute Gasteiger partial charge is 0.255 e. The van der Waals surface area contributed by atoms with E-state index in [1.54, 1.807) is 12.4 Å². The fourth-order valence-electron chi connectivity index (χ4n) is 4.05. The average Bonchev–Trinajstić information content (AvgIpc) is 3.11. The van der Waals surface area contributed by atoms with Gasteiger partial charge < -0.3 is 15.0 Å². The largest absolute Gasteiger partial charge is 0.373 e. The van der Waals surface area contributed by atoms with Crippen LogP contribution >= 0.6 is 0 Å². The van der Waals surface area contributed by atoms with E-state index < -0.39 is 0 Å². The maximum Gasteiger partial charge on any atom is 0.255 e. The van der Waals surface area contributed by atoms with Crippen molar-refractivity contribution >= 4 is 11.7 Å². The Kier molecular flexibility index (Phi) is 5.07. The standard InChI is InChI=1S/C21H26N4O2/c1-2-17-7-6-16(14-23-17)20(26)25-11-9-21(15-25)13-18(8-12-27-21)24-19-5-3-4-10-22-19/h3-7,10,14,18H,2,8-9,11-13,15H2,1H3,(H,22,24)/t18-,21-/m1/s1. The van der Waals surface area contributed by atoms with E-state index in [9.17, 15) is 4.79 Å². The predicted molar refractivity (Wildman–Crippen MR) is 104 cm³/mol. The van der Waals surface area contributed by atoms with Crippen LogP contribution in [0.2, 0.25) is 0 Å². The Morgan fingerprint density at radius 1 is 1.33 bits per heavy atom. The van der Waals surface area contributed by atoms with E-state index in [0.29, 0.717) is 24.8 Å². The molecule has 1 spiro atoms. The minimum absolute atomic E-state index is 0.0467. The molecule has 0 saturated carbocycles. The molecule has 2 atom stereocenters. The van der Waals surface area contributed by atoms with Gasteiger partial charge in [0.2, 0.25) is 0 Å². The Morgan fingerprint density at radius 2 is 2.26 bits per heavy atom. The first-order valence-electron chi connectivity index (χ1n) is 9.73. The van der Waals surface area contributed by atoms with Gasteiger partial charge in [-0.25, -0.2) is 4.98 Å². The number of nitrogens with zero attached hydrogens (tertiary/aromatic N) is 3. The van der Waals surface area contributed by atoms with E-state index in [0.717, 1.165) is 43.7 Å². The number of amides is 1. The molecule has 2 aromatic rings. The first-order valence-corrected chi connectivity index (χ1v) is 9.73. The number of hydrogen-bond donors (Lipinski definition) is 1. The van der Waals surface area contributed by atoms with Gasteiger partial charge in [-0.2, -0.15) is 0 Å². The van der Waals surface area contributed by atoms with E-state index in [-0.39, 0.29) is 11.5 Å². The summed E-state index contributed by atoms with van der Waals surface area (Å²) in [7, 11) is 0. The molecule has 2 aliphatic rings. The fourth-order valence-corrected chi connectivity index (χ4v) is 4.05. The summed E-state index contributed by atoms with van der Waals surface area (Å²) in [6.07, 6.45) is 7.08. The number of rotatable bonds is 4. The number of nitrogens with one attached hydrogen (secondary N) is 1. The Hall–Kier alpha value is -2.47. The number of pyridine rings is 2.